The van der Waals surface area contributed by atoms with Gasteiger partial charge in [-0.2, -0.15) is 0 Å². The van der Waals surface area contributed by atoms with E-state index >= 15 is 0 Å². The summed E-state index contributed by atoms with van der Waals surface area (Å²) in [6.45, 7) is 2.14. The minimum absolute atomic E-state index is 0.0403. The number of rotatable bonds is 3. The molecule has 15 heavy (non-hydrogen) atoms. The van der Waals surface area contributed by atoms with E-state index in [9.17, 15) is 4.79 Å². The summed E-state index contributed by atoms with van der Waals surface area (Å²) >= 11 is 0. The third-order valence-electron chi connectivity index (χ3n) is 3.71. The Morgan fingerprint density at radius 1 is 1.27 bits per heavy atom. The second-order valence-electron chi connectivity index (χ2n) is 4.57. The van der Waals surface area contributed by atoms with Gasteiger partial charge in [-0.25, -0.2) is 0 Å². The second kappa shape index (κ2) is 4.18. The fraction of sp³-hybridized carbons (Fsp3) is 0.500. The van der Waals surface area contributed by atoms with E-state index in [1.54, 1.807) is 0 Å². The van der Waals surface area contributed by atoms with E-state index < -0.39 is 0 Å². The van der Waals surface area contributed by atoms with E-state index in [1.165, 1.54) is 5.56 Å². The first-order chi connectivity index (χ1) is 7.27. The molecule has 1 aliphatic rings. The normalized spacial score (nSPS) is 25.8. The summed E-state index contributed by atoms with van der Waals surface area (Å²) in [4.78, 5) is 11.9. The number of hydrogen-bond donors (Lipinski definition) is 0. The van der Waals surface area contributed by atoms with E-state index in [0.717, 1.165) is 32.1 Å². The summed E-state index contributed by atoms with van der Waals surface area (Å²) < 4.78 is 0. The largest absolute Gasteiger partial charge is 0.299 e. The van der Waals surface area contributed by atoms with Gasteiger partial charge in [0.15, 0.2) is 0 Å². The van der Waals surface area contributed by atoms with Gasteiger partial charge in [0.2, 0.25) is 0 Å². The van der Waals surface area contributed by atoms with Crippen LogP contribution in [0.1, 0.15) is 38.2 Å². The maximum absolute atomic E-state index is 11.9. The maximum atomic E-state index is 11.9. The molecule has 0 spiro atoms. The molecule has 0 N–H and O–H groups in total. The van der Waals surface area contributed by atoms with Crippen LogP contribution in [0.25, 0.3) is 0 Å². The van der Waals surface area contributed by atoms with Crippen molar-refractivity contribution in [3.05, 3.63) is 35.9 Å². The van der Waals surface area contributed by atoms with Gasteiger partial charge in [-0.1, -0.05) is 37.3 Å². The van der Waals surface area contributed by atoms with E-state index in [4.69, 9.17) is 0 Å². The Kier molecular flexibility index (Phi) is 2.90. The van der Waals surface area contributed by atoms with E-state index in [0.29, 0.717) is 5.78 Å². The Morgan fingerprint density at radius 2 is 2.00 bits per heavy atom. The zero-order chi connectivity index (χ0) is 10.7. The molecule has 0 heterocycles. The van der Waals surface area contributed by atoms with Crippen LogP contribution in [0.5, 0.6) is 0 Å². The minimum atomic E-state index is -0.0403. The van der Waals surface area contributed by atoms with E-state index in [2.05, 4.69) is 31.2 Å². The van der Waals surface area contributed by atoms with Crippen LogP contribution in [0.3, 0.4) is 0 Å². The average Bonchev–Trinajstić information content (AvgIpc) is 2.62. The van der Waals surface area contributed by atoms with Crippen molar-refractivity contribution >= 4 is 5.78 Å². The third-order valence-corrected chi connectivity index (χ3v) is 3.71. The molecule has 0 radical (unpaired) electrons. The molecule has 1 aliphatic carbocycles. The number of benzene rings is 1. The van der Waals surface area contributed by atoms with Crippen LogP contribution in [-0.2, 0) is 11.2 Å². The molecule has 1 aromatic rings. The highest BCUT2D eigenvalue weighted by molar-refractivity contribution is 5.87. The van der Waals surface area contributed by atoms with Crippen LogP contribution >= 0.6 is 0 Å². The first-order valence-corrected chi connectivity index (χ1v) is 5.84. The molecule has 0 saturated heterocycles. The van der Waals surface area contributed by atoms with Crippen LogP contribution in [-0.4, -0.2) is 5.78 Å². The van der Waals surface area contributed by atoms with Crippen molar-refractivity contribution in [3.8, 4) is 0 Å². The van der Waals surface area contributed by atoms with Crippen LogP contribution in [0.15, 0.2) is 30.3 Å². The fourth-order valence-electron chi connectivity index (χ4n) is 2.66. The van der Waals surface area contributed by atoms with Gasteiger partial charge in [-0.15, -0.1) is 0 Å². The maximum Gasteiger partial charge on any atom is 0.139 e. The van der Waals surface area contributed by atoms with Crippen LogP contribution in [0.4, 0.5) is 0 Å². The van der Waals surface area contributed by atoms with Gasteiger partial charge >= 0.3 is 0 Å². The summed E-state index contributed by atoms with van der Waals surface area (Å²) in [5.74, 6) is 0.480. The van der Waals surface area contributed by atoms with Gasteiger partial charge in [0.05, 0.1) is 0 Å². The Bertz CT molecular complexity index is 342. The summed E-state index contributed by atoms with van der Waals surface area (Å²) in [7, 11) is 0. The lowest BCUT2D eigenvalue weighted by molar-refractivity contribution is -0.125. The van der Waals surface area contributed by atoms with Gasteiger partial charge in [0.1, 0.15) is 5.78 Å². The highest BCUT2D eigenvalue weighted by atomic mass is 16.1. The van der Waals surface area contributed by atoms with Crippen molar-refractivity contribution in [1.82, 2.24) is 0 Å². The standard InChI is InChI=1S/C14H18O/c1-2-14(10-6-9-13(14)15)11-12-7-4-3-5-8-12/h3-5,7-8H,2,6,9-11H2,1H3. The molecular weight excluding hydrogens is 184 g/mol. The molecule has 1 heteroatoms. The quantitative estimate of drug-likeness (QED) is 0.734. The number of carbonyl (C=O) groups is 1. The van der Waals surface area contributed by atoms with Crippen molar-refractivity contribution in [3.63, 3.8) is 0 Å². The van der Waals surface area contributed by atoms with Gasteiger partial charge in [-0.3, -0.25) is 4.79 Å². The third kappa shape index (κ3) is 1.97. The highest BCUT2D eigenvalue weighted by Gasteiger charge is 2.39. The lowest BCUT2D eigenvalue weighted by Crippen LogP contribution is -2.27. The Balaban J connectivity index is 2.19. The van der Waals surface area contributed by atoms with Gasteiger partial charge in [0, 0.05) is 11.8 Å². The molecule has 1 aromatic carbocycles. The fourth-order valence-corrected chi connectivity index (χ4v) is 2.66. The summed E-state index contributed by atoms with van der Waals surface area (Å²) in [6.07, 6.45) is 4.88. The first-order valence-electron chi connectivity index (χ1n) is 5.84. The molecule has 0 aliphatic heterocycles. The Labute approximate surface area is 91.5 Å². The van der Waals surface area contributed by atoms with Crippen molar-refractivity contribution < 1.29 is 4.79 Å². The highest BCUT2D eigenvalue weighted by Crippen LogP contribution is 2.40. The Hall–Kier alpha value is -1.11. The number of carbonyl (C=O) groups excluding carboxylic acids is 1. The second-order valence-corrected chi connectivity index (χ2v) is 4.57. The molecule has 1 fully saturated rings. The predicted molar refractivity (Wildman–Crippen MR) is 61.7 cm³/mol. The number of Topliss-reactive ketones (excluding diaryl/α,β-unsaturated/α-hetero) is 1. The number of ketones is 1. The topological polar surface area (TPSA) is 17.1 Å². The van der Waals surface area contributed by atoms with E-state index in [1.807, 2.05) is 6.07 Å². The summed E-state index contributed by atoms with van der Waals surface area (Å²) in [6, 6.07) is 10.4. The van der Waals surface area contributed by atoms with Crippen molar-refractivity contribution in [1.29, 1.82) is 0 Å². The lowest BCUT2D eigenvalue weighted by Gasteiger charge is -2.25. The smallest absolute Gasteiger partial charge is 0.139 e. The molecule has 0 amide bonds. The SMILES string of the molecule is CCC1(Cc2ccccc2)CCCC1=O. The van der Waals surface area contributed by atoms with Crippen LogP contribution in [0.2, 0.25) is 0 Å². The first kappa shape index (κ1) is 10.4. The molecule has 1 nitrogen and oxygen atoms in total. The summed E-state index contributed by atoms with van der Waals surface area (Å²) in [5.41, 5.74) is 1.26. The van der Waals surface area contributed by atoms with Crippen molar-refractivity contribution in [2.45, 2.75) is 39.0 Å². The molecule has 2 rings (SSSR count). The summed E-state index contributed by atoms with van der Waals surface area (Å²) in [5, 5.41) is 0. The average molecular weight is 202 g/mol. The monoisotopic (exact) mass is 202 g/mol. The molecule has 1 atom stereocenters. The molecular formula is C14H18O. The predicted octanol–water partition coefficient (Wildman–Crippen LogP) is 3.38. The molecule has 80 valence electrons. The minimum Gasteiger partial charge on any atom is -0.299 e. The van der Waals surface area contributed by atoms with Gasteiger partial charge in [0.25, 0.3) is 0 Å². The van der Waals surface area contributed by atoms with Crippen LogP contribution < -0.4 is 0 Å². The van der Waals surface area contributed by atoms with Crippen molar-refractivity contribution in [2.75, 3.05) is 0 Å². The number of hydrogen-bond acceptors (Lipinski definition) is 1. The van der Waals surface area contributed by atoms with Crippen molar-refractivity contribution in [2.24, 2.45) is 5.41 Å². The lowest BCUT2D eigenvalue weighted by atomic mass is 9.77. The molecule has 0 aromatic heterocycles. The van der Waals surface area contributed by atoms with Gasteiger partial charge < -0.3 is 0 Å². The zero-order valence-corrected chi connectivity index (χ0v) is 9.33. The van der Waals surface area contributed by atoms with E-state index in [-0.39, 0.29) is 5.41 Å². The molecule has 1 unspecified atom stereocenters. The molecule has 1 saturated carbocycles. The molecule has 0 bridgehead atoms. The zero-order valence-electron chi connectivity index (χ0n) is 9.33. The Morgan fingerprint density at radius 3 is 2.53 bits per heavy atom. The van der Waals surface area contributed by atoms with Gasteiger partial charge in [-0.05, 0) is 31.2 Å². The van der Waals surface area contributed by atoms with Crippen LogP contribution in [0, 0.1) is 5.41 Å².